The first-order valence-electron chi connectivity index (χ1n) is 14.5. The van der Waals surface area contributed by atoms with Gasteiger partial charge in [0.25, 0.3) is 5.91 Å². The largest absolute Gasteiger partial charge is 0.357 e. The number of amides is 2. The molecule has 1 fully saturated rings. The van der Waals surface area contributed by atoms with E-state index in [0.717, 1.165) is 46.9 Å². The third kappa shape index (κ3) is 6.35. The highest BCUT2D eigenvalue weighted by Gasteiger charge is 2.25. The van der Waals surface area contributed by atoms with Gasteiger partial charge >= 0.3 is 0 Å². The van der Waals surface area contributed by atoms with Crippen molar-refractivity contribution in [1.29, 1.82) is 0 Å². The highest BCUT2D eigenvalue weighted by molar-refractivity contribution is 6.31. The van der Waals surface area contributed by atoms with E-state index in [4.69, 9.17) is 11.6 Å². The number of aryl methyl sites for hydroxylation is 2. The molecular weight excluding hydrogens is 576 g/mol. The van der Waals surface area contributed by atoms with Gasteiger partial charge in [-0.3, -0.25) is 14.3 Å². The second-order valence-corrected chi connectivity index (χ2v) is 11.3. The highest BCUT2D eigenvalue weighted by Crippen LogP contribution is 2.29. The van der Waals surface area contributed by atoms with Crippen molar-refractivity contribution in [2.75, 3.05) is 23.3 Å². The molecule has 44 heavy (non-hydrogen) atoms. The van der Waals surface area contributed by atoms with Crippen molar-refractivity contribution in [2.24, 2.45) is 14.1 Å². The quantitative estimate of drug-likeness (QED) is 0.240. The summed E-state index contributed by atoms with van der Waals surface area (Å²) in [5, 5.41) is 10.5. The van der Waals surface area contributed by atoms with Crippen LogP contribution in [0.1, 0.15) is 28.9 Å². The minimum atomic E-state index is -0.917. The smallest absolute Gasteiger partial charge is 0.270 e. The second-order valence-electron chi connectivity index (χ2n) is 10.9. The maximum absolute atomic E-state index is 13.7. The standard InChI is InChI=1S/C33H33ClN8O2/c1-40-21-35-20-30(40)22-5-8-26(9-6-22)38-32(43)28(39-33(44)29-12-14-37-41(29)2)18-25-17-23(7-10-27(25)34)24-11-13-36-31(19-24)42-15-3-4-16-42/h5-14,17,19-21,28H,3-4,15-16,18H2,1-2H3,(H,38,43)(H,39,44). The Morgan fingerprint density at radius 3 is 2.39 bits per heavy atom. The third-order valence-corrected chi connectivity index (χ3v) is 8.29. The van der Waals surface area contributed by atoms with E-state index in [0.29, 0.717) is 16.4 Å². The zero-order valence-electron chi connectivity index (χ0n) is 24.6. The van der Waals surface area contributed by atoms with Gasteiger partial charge in [0.1, 0.15) is 17.6 Å². The molecule has 11 heteroatoms. The van der Waals surface area contributed by atoms with Gasteiger partial charge in [-0.2, -0.15) is 5.10 Å². The Labute approximate surface area is 260 Å². The molecule has 10 nitrogen and oxygen atoms in total. The molecule has 2 N–H and O–H groups in total. The molecule has 1 atom stereocenters. The fourth-order valence-electron chi connectivity index (χ4n) is 5.47. The number of halogens is 1. The molecule has 0 aliphatic carbocycles. The molecule has 3 aromatic heterocycles. The summed E-state index contributed by atoms with van der Waals surface area (Å²) in [6, 6.07) is 18.0. The Bertz CT molecular complexity index is 1790. The molecule has 2 aromatic carbocycles. The minimum Gasteiger partial charge on any atom is -0.357 e. The molecule has 1 unspecified atom stereocenters. The first-order valence-corrected chi connectivity index (χ1v) is 14.9. The van der Waals surface area contributed by atoms with Crippen LogP contribution in [-0.2, 0) is 25.3 Å². The van der Waals surface area contributed by atoms with E-state index in [-0.39, 0.29) is 12.3 Å². The number of imidazole rings is 1. The van der Waals surface area contributed by atoms with Crippen LogP contribution < -0.4 is 15.5 Å². The maximum atomic E-state index is 13.7. The fraction of sp³-hybridized carbons (Fsp3) is 0.242. The van der Waals surface area contributed by atoms with Gasteiger partial charge in [0, 0.05) is 56.7 Å². The minimum absolute atomic E-state index is 0.180. The lowest BCUT2D eigenvalue weighted by Crippen LogP contribution is -2.45. The van der Waals surface area contributed by atoms with E-state index in [1.807, 2.05) is 66.3 Å². The number of benzene rings is 2. The molecule has 0 saturated carbocycles. The fourth-order valence-corrected chi connectivity index (χ4v) is 5.67. The van der Waals surface area contributed by atoms with Gasteiger partial charge in [0.2, 0.25) is 5.91 Å². The Morgan fingerprint density at radius 2 is 1.68 bits per heavy atom. The van der Waals surface area contributed by atoms with E-state index in [9.17, 15) is 9.59 Å². The van der Waals surface area contributed by atoms with Crippen LogP contribution in [0.15, 0.2) is 85.6 Å². The molecule has 0 bridgehead atoms. The van der Waals surface area contributed by atoms with Crippen LogP contribution in [0.2, 0.25) is 5.02 Å². The summed E-state index contributed by atoms with van der Waals surface area (Å²) in [7, 11) is 3.61. The lowest BCUT2D eigenvalue weighted by atomic mass is 9.99. The molecule has 4 heterocycles. The summed E-state index contributed by atoms with van der Waals surface area (Å²) < 4.78 is 3.39. The molecule has 6 rings (SSSR count). The topological polar surface area (TPSA) is 110 Å². The predicted octanol–water partition coefficient (Wildman–Crippen LogP) is 5.12. The van der Waals surface area contributed by atoms with Crippen LogP contribution in [0.4, 0.5) is 11.5 Å². The van der Waals surface area contributed by atoms with Crippen molar-refractivity contribution >= 4 is 34.9 Å². The number of pyridine rings is 1. The molecule has 1 saturated heterocycles. The second kappa shape index (κ2) is 12.7. The van der Waals surface area contributed by atoms with Gasteiger partial charge in [-0.25, -0.2) is 9.97 Å². The van der Waals surface area contributed by atoms with Crippen molar-refractivity contribution in [2.45, 2.75) is 25.3 Å². The van der Waals surface area contributed by atoms with Crippen molar-refractivity contribution in [3.05, 3.63) is 102 Å². The summed E-state index contributed by atoms with van der Waals surface area (Å²) >= 11 is 6.68. The lowest BCUT2D eigenvalue weighted by molar-refractivity contribution is -0.118. The van der Waals surface area contributed by atoms with Crippen molar-refractivity contribution in [1.82, 2.24) is 29.6 Å². The van der Waals surface area contributed by atoms with Crippen LogP contribution in [0.3, 0.4) is 0 Å². The zero-order valence-corrected chi connectivity index (χ0v) is 25.3. The Morgan fingerprint density at radius 1 is 0.932 bits per heavy atom. The number of carbonyl (C=O) groups is 2. The molecule has 1 aliphatic rings. The van der Waals surface area contributed by atoms with Gasteiger partial charge in [-0.1, -0.05) is 29.8 Å². The molecule has 224 valence electrons. The van der Waals surface area contributed by atoms with E-state index in [1.54, 1.807) is 31.8 Å². The number of aromatic nitrogens is 5. The predicted molar refractivity (Wildman–Crippen MR) is 172 cm³/mol. The molecular formula is C33H33ClN8O2. The lowest BCUT2D eigenvalue weighted by Gasteiger charge is -2.20. The number of hydrogen-bond donors (Lipinski definition) is 2. The summed E-state index contributed by atoms with van der Waals surface area (Å²) in [6.07, 6.45) is 9.40. The summed E-state index contributed by atoms with van der Waals surface area (Å²) in [6.45, 7) is 2.00. The van der Waals surface area contributed by atoms with E-state index in [1.165, 1.54) is 17.5 Å². The van der Waals surface area contributed by atoms with Crippen molar-refractivity contribution < 1.29 is 9.59 Å². The number of nitrogens with zero attached hydrogens (tertiary/aromatic N) is 6. The Hall–Kier alpha value is -4.96. The first kappa shape index (κ1) is 29.1. The van der Waals surface area contributed by atoms with Gasteiger partial charge in [-0.15, -0.1) is 0 Å². The van der Waals surface area contributed by atoms with E-state index >= 15 is 0 Å². The summed E-state index contributed by atoms with van der Waals surface area (Å²) in [5.41, 5.74) is 5.57. The summed E-state index contributed by atoms with van der Waals surface area (Å²) in [5.74, 6) is 0.176. The van der Waals surface area contributed by atoms with Crippen molar-refractivity contribution in [3.8, 4) is 22.4 Å². The van der Waals surface area contributed by atoms with Gasteiger partial charge in [0.15, 0.2) is 0 Å². The molecule has 0 radical (unpaired) electrons. The highest BCUT2D eigenvalue weighted by atomic mass is 35.5. The maximum Gasteiger partial charge on any atom is 0.270 e. The molecule has 5 aromatic rings. The number of carbonyl (C=O) groups excluding carboxylic acids is 2. The third-order valence-electron chi connectivity index (χ3n) is 7.92. The average molecular weight is 609 g/mol. The monoisotopic (exact) mass is 608 g/mol. The van der Waals surface area contributed by atoms with Gasteiger partial charge in [-0.05, 0) is 77.6 Å². The van der Waals surface area contributed by atoms with Gasteiger partial charge < -0.3 is 20.1 Å². The Kier molecular flexibility index (Phi) is 8.42. The van der Waals surface area contributed by atoms with Crippen LogP contribution in [0.25, 0.3) is 22.4 Å². The van der Waals surface area contributed by atoms with E-state index in [2.05, 4.69) is 36.7 Å². The molecule has 2 amide bonds. The molecule has 0 spiro atoms. The number of nitrogens with one attached hydrogen (secondary N) is 2. The number of hydrogen-bond acceptors (Lipinski definition) is 6. The summed E-state index contributed by atoms with van der Waals surface area (Å²) in [4.78, 5) is 38.0. The Balaban J connectivity index is 1.25. The van der Waals surface area contributed by atoms with Crippen molar-refractivity contribution in [3.63, 3.8) is 0 Å². The molecule has 1 aliphatic heterocycles. The van der Waals surface area contributed by atoms with E-state index < -0.39 is 11.9 Å². The number of anilines is 2. The SMILES string of the molecule is Cn1cncc1-c1ccc(NC(=O)C(Cc2cc(-c3ccnc(N4CCCC4)c3)ccc2Cl)NC(=O)c2ccnn2C)cc1. The first-order chi connectivity index (χ1) is 21.4. The van der Waals surface area contributed by atoms with Gasteiger partial charge in [0.05, 0.1) is 18.2 Å². The van der Waals surface area contributed by atoms with Crippen LogP contribution in [-0.4, -0.2) is 55.3 Å². The van der Waals surface area contributed by atoms with Crippen LogP contribution in [0.5, 0.6) is 0 Å². The number of rotatable bonds is 9. The van der Waals surface area contributed by atoms with Crippen LogP contribution >= 0.6 is 11.6 Å². The normalized spacial score (nSPS) is 13.6. The average Bonchev–Trinajstić information content (AvgIpc) is 3.81. The van der Waals surface area contributed by atoms with Crippen LogP contribution in [0, 0.1) is 0 Å². The zero-order chi connectivity index (χ0) is 30.6.